The zero-order chi connectivity index (χ0) is 15.5. The van der Waals surface area contributed by atoms with Crippen LogP contribution in [0.5, 0.6) is 0 Å². The molecule has 3 heterocycles. The Balaban J connectivity index is 1.66. The van der Waals surface area contributed by atoms with Crippen LogP contribution in [0.2, 0.25) is 0 Å². The van der Waals surface area contributed by atoms with E-state index in [1.54, 1.807) is 6.20 Å². The number of hydrogen-bond donors (Lipinski definition) is 1. The minimum atomic E-state index is 0.518. The van der Waals surface area contributed by atoms with Crippen molar-refractivity contribution in [2.75, 3.05) is 18.8 Å². The van der Waals surface area contributed by atoms with E-state index in [1.807, 2.05) is 17.4 Å². The summed E-state index contributed by atoms with van der Waals surface area (Å²) < 4.78 is 0. The molecule has 1 fully saturated rings. The van der Waals surface area contributed by atoms with Gasteiger partial charge in [0.05, 0.1) is 10.7 Å². The third kappa shape index (κ3) is 3.65. The van der Waals surface area contributed by atoms with Gasteiger partial charge in [-0.15, -0.1) is 11.3 Å². The molecule has 0 spiro atoms. The molecule has 22 heavy (non-hydrogen) atoms. The van der Waals surface area contributed by atoms with E-state index >= 15 is 0 Å². The lowest BCUT2D eigenvalue weighted by molar-refractivity contribution is 0.200. The van der Waals surface area contributed by atoms with Crippen molar-refractivity contribution in [2.45, 2.75) is 45.1 Å². The summed E-state index contributed by atoms with van der Waals surface area (Å²) in [5.41, 5.74) is 8.26. The molecule has 0 saturated carbocycles. The molecule has 1 atom stereocenters. The van der Waals surface area contributed by atoms with E-state index in [0.717, 1.165) is 19.6 Å². The molecule has 0 aromatic carbocycles. The molecule has 2 N–H and O–H groups in total. The van der Waals surface area contributed by atoms with Crippen molar-refractivity contribution in [3.63, 3.8) is 0 Å². The molecular formula is C17H24N4S. The van der Waals surface area contributed by atoms with Crippen LogP contribution in [-0.2, 0) is 6.54 Å². The highest BCUT2D eigenvalue weighted by molar-refractivity contribution is 7.09. The van der Waals surface area contributed by atoms with Crippen molar-refractivity contribution >= 4 is 17.2 Å². The highest BCUT2D eigenvalue weighted by atomic mass is 32.1. The number of thiazole rings is 1. The number of hydrogen-bond acceptors (Lipinski definition) is 5. The maximum absolute atomic E-state index is 5.78. The Morgan fingerprint density at radius 3 is 3.05 bits per heavy atom. The van der Waals surface area contributed by atoms with E-state index in [1.165, 1.54) is 29.1 Å². The van der Waals surface area contributed by atoms with Crippen LogP contribution < -0.4 is 5.73 Å². The number of aromatic nitrogens is 2. The summed E-state index contributed by atoms with van der Waals surface area (Å²) in [4.78, 5) is 11.4. The van der Waals surface area contributed by atoms with Gasteiger partial charge in [-0.1, -0.05) is 13.8 Å². The van der Waals surface area contributed by atoms with Crippen LogP contribution in [0.3, 0.4) is 0 Å². The fourth-order valence-corrected chi connectivity index (χ4v) is 4.11. The second-order valence-corrected chi connectivity index (χ2v) is 7.32. The van der Waals surface area contributed by atoms with E-state index in [0.29, 0.717) is 17.7 Å². The molecule has 118 valence electrons. The second kappa shape index (κ2) is 6.75. The lowest BCUT2D eigenvalue weighted by Crippen LogP contribution is -2.33. The van der Waals surface area contributed by atoms with Gasteiger partial charge in [-0.25, -0.2) is 9.97 Å². The van der Waals surface area contributed by atoms with Crippen LogP contribution in [0, 0.1) is 0 Å². The summed E-state index contributed by atoms with van der Waals surface area (Å²) in [7, 11) is 0. The highest BCUT2D eigenvalue weighted by Gasteiger charge is 2.24. The maximum atomic E-state index is 5.78. The first kappa shape index (κ1) is 15.4. The molecule has 1 aliphatic rings. The predicted octanol–water partition coefficient (Wildman–Crippen LogP) is 3.62. The van der Waals surface area contributed by atoms with Gasteiger partial charge >= 0.3 is 0 Å². The molecule has 0 bridgehead atoms. The van der Waals surface area contributed by atoms with E-state index in [4.69, 9.17) is 10.7 Å². The van der Waals surface area contributed by atoms with Crippen molar-refractivity contribution in [3.05, 3.63) is 40.0 Å². The quantitative estimate of drug-likeness (QED) is 0.936. The third-order valence-corrected chi connectivity index (χ3v) is 5.26. The first-order chi connectivity index (χ1) is 10.6. The Labute approximate surface area is 136 Å². The van der Waals surface area contributed by atoms with Gasteiger partial charge < -0.3 is 5.73 Å². The van der Waals surface area contributed by atoms with Gasteiger partial charge in [0.15, 0.2) is 0 Å². The Bertz CT molecular complexity index is 623. The monoisotopic (exact) mass is 316 g/mol. The Morgan fingerprint density at radius 1 is 1.45 bits per heavy atom. The first-order valence-corrected chi connectivity index (χ1v) is 8.88. The van der Waals surface area contributed by atoms with E-state index < -0.39 is 0 Å². The van der Waals surface area contributed by atoms with Crippen LogP contribution in [0.15, 0.2) is 23.7 Å². The molecule has 3 rings (SSSR count). The van der Waals surface area contributed by atoms with Gasteiger partial charge in [0.25, 0.3) is 0 Å². The largest absolute Gasteiger partial charge is 0.384 e. The van der Waals surface area contributed by atoms with Gasteiger partial charge in [-0.05, 0) is 43.0 Å². The molecule has 1 unspecified atom stereocenters. The van der Waals surface area contributed by atoms with E-state index in [9.17, 15) is 0 Å². The molecule has 2 aromatic rings. The van der Waals surface area contributed by atoms with Gasteiger partial charge in [-0.2, -0.15) is 0 Å². The Hall–Kier alpha value is -1.46. The fraction of sp³-hybridized carbons (Fsp3) is 0.529. The van der Waals surface area contributed by atoms with E-state index in [2.05, 4.69) is 35.2 Å². The summed E-state index contributed by atoms with van der Waals surface area (Å²) in [5, 5.41) is 3.53. The number of piperidine rings is 1. The van der Waals surface area contributed by atoms with Crippen molar-refractivity contribution in [1.29, 1.82) is 0 Å². The normalized spacial score (nSPS) is 19.7. The summed E-state index contributed by atoms with van der Waals surface area (Å²) in [6.07, 6.45) is 4.28. The Morgan fingerprint density at radius 2 is 2.32 bits per heavy atom. The average molecular weight is 316 g/mol. The van der Waals surface area contributed by atoms with Crippen molar-refractivity contribution in [3.8, 4) is 0 Å². The standard InChI is InChI=1S/C17H24N4S/c1-12(2)15-11-22-17(20-15)14-4-3-7-21(10-14)9-13-5-6-19-16(18)8-13/h5-6,8,11-12,14H,3-4,7,9-10H2,1-2H3,(H2,18,19). The summed E-state index contributed by atoms with van der Waals surface area (Å²) in [5.74, 6) is 1.70. The molecule has 2 aromatic heterocycles. The molecule has 0 radical (unpaired) electrons. The molecular weight excluding hydrogens is 292 g/mol. The third-order valence-electron chi connectivity index (χ3n) is 4.24. The number of anilines is 1. The van der Waals surface area contributed by atoms with Crippen LogP contribution >= 0.6 is 11.3 Å². The molecule has 0 amide bonds. The number of nitrogens with two attached hydrogens (primary N) is 1. The molecule has 0 aliphatic carbocycles. The minimum absolute atomic E-state index is 0.518. The fourth-order valence-electron chi connectivity index (χ4n) is 3.01. The topological polar surface area (TPSA) is 55.0 Å². The number of nitrogen functional groups attached to an aromatic ring is 1. The van der Waals surface area contributed by atoms with Crippen LogP contribution in [0.4, 0.5) is 5.82 Å². The number of pyridine rings is 1. The summed E-state index contributed by atoms with van der Waals surface area (Å²) in [6.45, 7) is 7.61. The van der Waals surface area contributed by atoms with Crippen molar-refractivity contribution in [2.24, 2.45) is 0 Å². The van der Waals surface area contributed by atoms with Gasteiger partial charge in [0.1, 0.15) is 5.82 Å². The lowest BCUT2D eigenvalue weighted by Gasteiger charge is -2.31. The number of nitrogens with zero attached hydrogens (tertiary/aromatic N) is 3. The van der Waals surface area contributed by atoms with Crippen molar-refractivity contribution in [1.82, 2.24) is 14.9 Å². The van der Waals surface area contributed by atoms with Gasteiger partial charge in [-0.3, -0.25) is 4.90 Å². The summed E-state index contributed by atoms with van der Waals surface area (Å²) in [6, 6.07) is 4.03. The number of rotatable bonds is 4. The SMILES string of the molecule is CC(C)c1csc(C2CCCN(Cc3ccnc(N)c3)C2)n1. The second-order valence-electron chi connectivity index (χ2n) is 6.43. The highest BCUT2D eigenvalue weighted by Crippen LogP contribution is 2.31. The van der Waals surface area contributed by atoms with Crippen LogP contribution in [0.1, 0.15) is 54.8 Å². The van der Waals surface area contributed by atoms with Crippen molar-refractivity contribution < 1.29 is 0 Å². The predicted molar refractivity (Wildman–Crippen MR) is 92.1 cm³/mol. The smallest absolute Gasteiger partial charge is 0.123 e. The minimum Gasteiger partial charge on any atom is -0.384 e. The Kier molecular flexibility index (Phi) is 4.74. The zero-order valence-electron chi connectivity index (χ0n) is 13.3. The van der Waals surface area contributed by atoms with Gasteiger partial charge in [0.2, 0.25) is 0 Å². The summed E-state index contributed by atoms with van der Waals surface area (Å²) >= 11 is 1.83. The molecule has 5 heteroatoms. The van der Waals surface area contributed by atoms with Gasteiger partial charge in [0, 0.05) is 30.6 Å². The maximum Gasteiger partial charge on any atom is 0.123 e. The molecule has 1 saturated heterocycles. The van der Waals surface area contributed by atoms with E-state index in [-0.39, 0.29) is 0 Å². The molecule has 1 aliphatic heterocycles. The van der Waals surface area contributed by atoms with Crippen LogP contribution in [0.25, 0.3) is 0 Å². The first-order valence-electron chi connectivity index (χ1n) is 8.00. The zero-order valence-corrected chi connectivity index (χ0v) is 14.1. The molecule has 4 nitrogen and oxygen atoms in total. The number of likely N-dealkylation sites (tertiary alicyclic amines) is 1. The lowest BCUT2D eigenvalue weighted by atomic mass is 9.98. The van der Waals surface area contributed by atoms with Crippen LogP contribution in [-0.4, -0.2) is 28.0 Å². The average Bonchev–Trinajstić information content (AvgIpc) is 2.97.